The third-order valence-electron chi connectivity index (χ3n) is 3.09. The molecule has 17 heavy (non-hydrogen) atoms. The first-order valence-electron chi connectivity index (χ1n) is 6.45. The molecule has 1 aliphatic rings. The maximum absolute atomic E-state index is 5.56. The van der Waals surface area contributed by atoms with E-state index in [4.69, 9.17) is 4.74 Å². The van der Waals surface area contributed by atoms with Gasteiger partial charge in [0.1, 0.15) is 10.0 Å². The van der Waals surface area contributed by atoms with E-state index in [0.717, 1.165) is 37.0 Å². The Bertz CT molecular complexity index is 336. The van der Waals surface area contributed by atoms with Crippen LogP contribution in [-0.2, 0) is 17.7 Å². The Morgan fingerprint density at radius 2 is 2.06 bits per heavy atom. The van der Waals surface area contributed by atoms with Crippen molar-refractivity contribution in [1.82, 2.24) is 15.5 Å². The second kappa shape index (κ2) is 6.42. The van der Waals surface area contributed by atoms with Gasteiger partial charge >= 0.3 is 0 Å². The van der Waals surface area contributed by atoms with Gasteiger partial charge in [-0.25, -0.2) is 0 Å². The first kappa shape index (κ1) is 12.9. The Morgan fingerprint density at radius 3 is 2.76 bits per heavy atom. The van der Waals surface area contributed by atoms with Crippen molar-refractivity contribution in [2.45, 2.75) is 45.8 Å². The van der Waals surface area contributed by atoms with Gasteiger partial charge in [0.2, 0.25) is 0 Å². The van der Waals surface area contributed by atoms with E-state index < -0.39 is 0 Å². The molecular weight excluding hydrogens is 234 g/mol. The summed E-state index contributed by atoms with van der Waals surface area (Å²) in [4.78, 5) is 0. The third-order valence-corrected chi connectivity index (χ3v) is 4.04. The second-order valence-corrected chi connectivity index (χ2v) is 5.64. The highest BCUT2D eigenvalue weighted by atomic mass is 32.1. The number of nitrogens with zero attached hydrogens (tertiary/aromatic N) is 2. The van der Waals surface area contributed by atoms with E-state index >= 15 is 0 Å². The van der Waals surface area contributed by atoms with E-state index in [1.165, 1.54) is 17.8 Å². The summed E-state index contributed by atoms with van der Waals surface area (Å²) >= 11 is 1.74. The molecule has 1 heterocycles. The summed E-state index contributed by atoms with van der Waals surface area (Å²) in [6.45, 7) is 6.83. The van der Waals surface area contributed by atoms with Crippen LogP contribution in [0.2, 0.25) is 0 Å². The molecule has 1 fully saturated rings. The topological polar surface area (TPSA) is 47.0 Å². The summed E-state index contributed by atoms with van der Waals surface area (Å²) in [6.07, 6.45) is 3.96. The molecule has 5 heteroatoms. The molecule has 2 rings (SSSR count). The van der Waals surface area contributed by atoms with Gasteiger partial charge in [-0.3, -0.25) is 0 Å². The normalized spacial score (nSPS) is 23.6. The van der Waals surface area contributed by atoms with Crippen LogP contribution in [0.25, 0.3) is 0 Å². The first-order chi connectivity index (χ1) is 8.31. The summed E-state index contributed by atoms with van der Waals surface area (Å²) in [6, 6.07) is 0. The van der Waals surface area contributed by atoms with Crippen LogP contribution in [0.5, 0.6) is 0 Å². The fraction of sp³-hybridized carbons (Fsp3) is 0.833. The first-order valence-corrected chi connectivity index (χ1v) is 7.27. The number of nitrogens with one attached hydrogen (secondary N) is 1. The molecule has 0 radical (unpaired) electrons. The largest absolute Gasteiger partial charge is 0.378 e. The molecule has 96 valence electrons. The van der Waals surface area contributed by atoms with Gasteiger partial charge in [0.05, 0.1) is 6.10 Å². The number of hydrogen-bond donors (Lipinski definition) is 1. The van der Waals surface area contributed by atoms with Gasteiger partial charge in [0.15, 0.2) is 0 Å². The summed E-state index contributed by atoms with van der Waals surface area (Å²) in [7, 11) is 0. The van der Waals surface area contributed by atoms with Gasteiger partial charge in [0.25, 0.3) is 0 Å². The maximum atomic E-state index is 5.56. The zero-order chi connectivity index (χ0) is 12.1. The molecule has 1 saturated carbocycles. The average molecular weight is 255 g/mol. The number of hydrogen-bond acceptors (Lipinski definition) is 5. The molecule has 0 spiro atoms. The summed E-state index contributed by atoms with van der Waals surface area (Å²) in [5, 5.41) is 14.0. The monoisotopic (exact) mass is 255 g/mol. The highest BCUT2D eigenvalue weighted by Crippen LogP contribution is 2.33. The van der Waals surface area contributed by atoms with E-state index in [9.17, 15) is 0 Å². The van der Waals surface area contributed by atoms with Crippen molar-refractivity contribution in [3.05, 3.63) is 10.0 Å². The van der Waals surface area contributed by atoms with Crippen molar-refractivity contribution in [3.63, 3.8) is 0 Å². The van der Waals surface area contributed by atoms with E-state index in [1.807, 2.05) is 0 Å². The molecular formula is C12H21N3OS. The minimum Gasteiger partial charge on any atom is -0.378 e. The van der Waals surface area contributed by atoms with Crippen LogP contribution in [0.3, 0.4) is 0 Å². The van der Waals surface area contributed by atoms with E-state index in [2.05, 4.69) is 29.4 Å². The lowest BCUT2D eigenvalue weighted by atomic mass is 9.80. The standard InChI is InChI=1S/C12H21N3OS/c1-3-13-8-12-15-14-11(17-12)7-9-5-10(6-9)16-4-2/h9-10,13H,3-8H2,1-2H3. The minimum atomic E-state index is 0.499. The van der Waals surface area contributed by atoms with Crippen molar-refractivity contribution in [3.8, 4) is 0 Å². The fourth-order valence-corrected chi connectivity index (χ4v) is 3.06. The molecule has 0 saturated heterocycles. The zero-order valence-corrected chi connectivity index (χ0v) is 11.4. The Hall–Kier alpha value is -0.520. The van der Waals surface area contributed by atoms with Crippen LogP contribution < -0.4 is 5.32 Å². The van der Waals surface area contributed by atoms with E-state index in [1.54, 1.807) is 11.3 Å². The predicted octanol–water partition coefficient (Wildman–Crippen LogP) is 2.01. The predicted molar refractivity (Wildman–Crippen MR) is 69.1 cm³/mol. The van der Waals surface area contributed by atoms with Gasteiger partial charge in [-0.1, -0.05) is 6.92 Å². The molecule has 0 aromatic carbocycles. The highest BCUT2D eigenvalue weighted by Gasteiger charge is 2.30. The number of aromatic nitrogens is 2. The van der Waals surface area contributed by atoms with Gasteiger partial charge in [-0.2, -0.15) is 0 Å². The molecule has 0 atom stereocenters. The van der Waals surface area contributed by atoms with Gasteiger partial charge < -0.3 is 10.1 Å². The Labute approximate surface area is 107 Å². The molecule has 1 N–H and O–H groups in total. The zero-order valence-electron chi connectivity index (χ0n) is 10.6. The van der Waals surface area contributed by atoms with Crippen LogP contribution in [0.4, 0.5) is 0 Å². The molecule has 1 aromatic rings. The Balaban J connectivity index is 1.71. The van der Waals surface area contributed by atoms with Crippen LogP contribution in [0.1, 0.15) is 36.7 Å². The van der Waals surface area contributed by atoms with Crippen molar-refractivity contribution in [2.24, 2.45) is 5.92 Å². The second-order valence-electron chi connectivity index (χ2n) is 4.49. The Kier molecular flexibility index (Phi) is 4.88. The lowest BCUT2D eigenvalue weighted by molar-refractivity contribution is -0.0240. The summed E-state index contributed by atoms with van der Waals surface area (Å²) < 4.78 is 5.56. The molecule has 0 aliphatic heterocycles. The minimum absolute atomic E-state index is 0.499. The summed E-state index contributed by atoms with van der Waals surface area (Å²) in [5.74, 6) is 0.756. The molecule has 0 amide bonds. The van der Waals surface area contributed by atoms with Gasteiger partial charge in [-0.15, -0.1) is 21.5 Å². The number of ether oxygens (including phenoxy) is 1. The number of rotatable bonds is 7. The smallest absolute Gasteiger partial charge is 0.131 e. The molecule has 0 unspecified atom stereocenters. The third kappa shape index (κ3) is 3.72. The summed E-state index contributed by atoms with van der Waals surface area (Å²) in [5.41, 5.74) is 0. The molecule has 1 aliphatic carbocycles. The SMILES string of the molecule is CCNCc1nnc(CC2CC(OCC)C2)s1. The maximum Gasteiger partial charge on any atom is 0.131 e. The van der Waals surface area contributed by atoms with Crippen LogP contribution >= 0.6 is 11.3 Å². The van der Waals surface area contributed by atoms with Crippen molar-refractivity contribution in [2.75, 3.05) is 13.2 Å². The van der Waals surface area contributed by atoms with Gasteiger partial charge in [0, 0.05) is 19.6 Å². The van der Waals surface area contributed by atoms with Gasteiger partial charge in [-0.05, 0) is 32.2 Å². The quantitative estimate of drug-likeness (QED) is 0.809. The van der Waals surface area contributed by atoms with Crippen LogP contribution in [0, 0.1) is 5.92 Å². The average Bonchev–Trinajstić information content (AvgIpc) is 2.71. The van der Waals surface area contributed by atoms with E-state index in [-0.39, 0.29) is 0 Å². The highest BCUT2D eigenvalue weighted by molar-refractivity contribution is 7.11. The molecule has 4 nitrogen and oxygen atoms in total. The van der Waals surface area contributed by atoms with E-state index in [0.29, 0.717) is 6.10 Å². The van der Waals surface area contributed by atoms with Crippen molar-refractivity contribution in [1.29, 1.82) is 0 Å². The molecule has 0 bridgehead atoms. The van der Waals surface area contributed by atoms with Crippen molar-refractivity contribution < 1.29 is 4.74 Å². The lowest BCUT2D eigenvalue weighted by Crippen LogP contribution is -2.32. The van der Waals surface area contributed by atoms with Crippen LogP contribution in [-0.4, -0.2) is 29.5 Å². The van der Waals surface area contributed by atoms with Crippen LogP contribution in [0.15, 0.2) is 0 Å². The lowest BCUT2D eigenvalue weighted by Gasteiger charge is -2.34. The van der Waals surface area contributed by atoms with Crippen molar-refractivity contribution >= 4 is 11.3 Å². The fourth-order valence-electron chi connectivity index (χ4n) is 2.13. The molecule has 1 aromatic heterocycles. The Morgan fingerprint density at radius 1 is 1.29 bits per heavy atom.